The second kappa shape index (κ2) is 6.01. The van der Waals surface area contributed by atoms with Crippen molar-refractivity contribution < 1.29 is 9.59 Å². The normalized spacial score (nSPS) is 24.2. The van der Waals surface area contributed by atoms with E-state index in [0.29, 0.717) is 6.54 Å². The van der Waals surface area contributed by atoms with Crippen LogP contribution in [0, 0.1) is 5.92 Å². The largest absolute Gasteiger partial charge is 0.344 e. The summed E-state index contributed by atoms with van der Waals surface area (Å²) in [4.78, 5) is 30.2. The Balaban J connectivity index is 1.71. The molecule has 0 unspecified atom stereocenters. The van der Waals surface area contributed by atoms with Crippen LogP contribution in [0.3, 0.4) is 0 Å². The Hall–Kier alpha value is -1.40. The van der Waals surface area contributed by atoms with Crippen LogP contribution in [-0.4, -0.2) is 48.3 Å². The fourth-order valence-electron chi connectivity index (χ4n) is 3.35. The molecule has 0 radical (unpaired) electrons. The van der Waals surface area contributed by atoms with Crippen LogP contribution in [0.15, 0.2) is 6.07 Å². The van der Waals surface area contributed by atoms with Gasteiger partial charge < -0.3 is 15.5 Å². The molecule has 0 spiro atoms. The molecule has 0 aromatic carbocycles. The molecule has 3 rings (SSSR count). The second-order valence-corrected chi connectivity index (χ2v) is 7.68. The van der Waals surface area contributed by atoms with Gasteiger partial charge in [-0.3, -0.25) is 9.59 Å². The van der Waals surface area contributed by atoms with Gasteiger partial charge in [-0.1, -0.05) is 0 Å². The number of nitrogens with zero attached hydrogens (tertiary/aromatic N) is 2. The fourth-order valence-corrected chi connectivity index (χ4v) is 4.53. The molecule has 1 aromatic rings. The van der Waals surface area contributed by atoms with Crippen LogP contribution in [0.25, 0.3) is 0 Å². The van der Waals surface area contributed by atoms with Crippen molar-refractivity contribution in [1.82, 2.24) is 9.80 Å². The van der Waals surface area contributed by atoms with Crippen molar-refractivity contribution in [3.05, 3.63) is 21.4 Å². The maximum atomic E-state index is 12.6. The van der Waals surface area contributed by atoms with Gasteiger partial charge in [0.2, 0.25) is 5.91 Å². The van der Waals surface area contributed by atoms with E-state index in [2.05, 4.69) is 0 Å². The number of nitrogens with two attached hydrogens (primary N) is 1. The summed E-state index contributed by atoms with van der Waals surface area (Å²) in [6.45, 7) is 1.39. The van der Waals surface area contributed by atoms with E-state index in [1.165, 1.54) is 4.88 Å². The highest BCUT2D eigenvalue weighted by Gasteiger charge is 2.33. The van der Waals surface area contributed by atoms with Gasteiger partial charge in [-0.05, 0) is 37.3 Å². The van der Waals surface area contributed by atoms with E-state index in [4.69, 9.17) is 5.73 Å². The Kier molecular flexibility index (Phi) is 4.23. The van der Waals surface area contributed by atoms with Crippen molar-refractivity contribution in [2.24, 2.45) is 11.7 Å². The molecule has 5 nitrogen and oxygen atoms in total. The lowest BCUT2D eigenvalue weighted by Crippen LogP contribution is -2.39. The number of fused-ring (bicyclic) bond motifs is 1. The zero-order valence-corrected chi connectivity index (χ0v) is 14.0. The third-order valence-electron chi connectivity index (χ3n) is 4.62. The number of rotatable bonds is 2. The highest BCUT2D eigenvalue weighted by molar-refractivity contribution is 7.14. The van der Waals surface area contributed by atoms with Crippen molar-refractivity contribution in [1.29, 1.82) is 0 Å². The smallest absolute Gasteiger partial charge is 0.263 e. The summed E-state index contributed by atoms with van der Waals surface area (Å²) >= 11 is 1.57. The van der Waals surface area contributed by atoms with Crippen LogP contribution in [0.1, 0.15) is 39.4 Å². The van der Waals surface area contributed by atoms with E-state index < -0.39 is 0 Å². The molecule has 22 heavy (non-hydrogen) atoms. The Labute approximate surface area is 135 Å². The van der Waals surface area contributed by atoms with Crippen molar-refractivity contribution in [3.8, 4) is 0 Å². The molecule has 120 valence electrons. The molecule has 1 aliphatic carbocycles. The molecule has 2 N–H and O–H groups in total. The molecule has 1 aliphatic heterocycles. The van der Waals surface area contributed by atoms with E-state index in [9.17, 15) is 9.59 Å². The van der Waals surface area contributed by atoms with E-state index in [-0.39, 0.29) is 23.8 Å². The lowest BCUT2D eigenvalue weighted by Gasteiger charge is -2.29. The van der Waals surface area contributed by atoms with Crippen molar-refractivity contribution in [3.63, 3.8) is 0 Å². The first-order valence-corrected chi connectivity index (χ1v) is 8.65. The molecule has 6 heteroatoms. The molecule has 2 aliphatic rings. The first kappa shape index (κ1) is 15.5. The van der Waals surface area contributed by atoms with Crippen molar-refractivity contribution >= 4 is 23.2 Å². The van der Waals surface area contributed by atoms with Gasteiger partial charge in [0.1, 0.15) is 0 Å². The van der Waals surface area contributed by atoms with E-state index in [1.807, 2.05) is 11.0 Å². The Morgan fingerprint density at radius 3 is 2.77 bits per heavy atom. The van der Waals surface area contributed by atoms with Gasteiger partial charge in [-0.25, -0.2) is 0 Å². The summed E-state index contributed by atoms with van der Waals surface area (Å²) in [5.74, 6) is 0.377. The third kappa shape index (κ3) is 2.90. The van der Waals surface area contributed by atoms with Gasteiger partial charge in [0.25, 0.3) is 5.91 Å². The number of carbonyl (C=O) groups is 2. The first-order chi connectivity index (χ1) is 10.5. The van der Waals surface area contributed by atoms with E-state index >= 15 is 0 Å². The zero-order valence-electron chi connectivity index (χ0n) is 13.2. The van der Waals surface area contributed by atoms with Gasteiger partial charge in [0, 0.05) is 44.0 Å². The first-order valence-electron chi connectivity index (χ1n) is 7.83. The lowest BCUT2D eigenvalue weighted by molar-refractivity contribution is -0.136. The fraction of sp³-hybridized carbons (Fsp3) is 0.625. The standard InChI is InChI=1S/C16H23N3O2S/c1-18(2)16(21)14-8-11-9-19(6-5-13(11)22-14)15(20)10-3-4-12(17)7-10/h8,10,12H,3-7,9,17H2,1-2H3/t10-,12+/m1/s1. The maximum Gasteiger partial charge on any atom is 0.263 e. The number of carbonyl (C=O) groups excluding carboxylic acids is 2. The number of hydrogen-bond donors (Lipinski definition) is 1. The molecular weight excluding hydrogens is 298 g/mol. The van der Waals surface area contributed by atoms with Gasteiger partial charge in [-0.15, -0.1) is 11.3 Å². The summed E-state index contributed by atoms with van der Waals surface area (Å²) in [5, 5.41) is 0. The van der Waals surface area contributed by atoms with Gasteiger partial charge in [0.05, 0.1) is 4.88 Å². The molecular formula is C16H23N3O2S. The highest BCUT2D eigenvalue weighted by atomic mass is 32.1. The minimum Gasteiger partial charge on any atom is -0.344 e. The van der Waals surface area contributed by atoms with Crippen LogP contribution in [0.2, 0.25) is 0 Å². The topological polar surface area (TPSA) is 66.6 Å². The van der Waals surface area contributed by atoms with Crippen molar-refractivity contribution in [2.45, 2.75) is 38.3 Å². The van der Waals surface area contributed by atoms with Gasteiger partial charge in [0.15, 0.2) is 0 Å². The molecule has 1 aromatic heterocycles. The zero-order chi connectivity index (χ0) is 15.9. The highest BCUT2D eigenvalue weighted by Crippen LogP contribution is 2.32. The van der Waals surface area contributed by atoms with Crippen LogP contribution in [-0.2, 0) is 17.8 Å². The summed E-state index contributed by atoms with van der Waals surface area (Å²) in [5.41, 5.74) is 7.06. The van der Waals surface area contributed by atoms with Gasteiger partial charge >= 0.3 is 0 Å². The third-order valence-corrected chi connectivity index (χ3v) is 5.84. The van der Waals surface area contributed by atoms with Gasteiger partial charge in [-0.2, -0.15) is 0 Å². The Bertz CT molecular complexity index is 596. The molecule has 0 bridgehead atoms. The Morgan fingerprint density at radius 2 is 2.14 bits per heavy atom. The van der Waals surface area contributed by atoms with Crippen LogP contribution in [0.4, 0.5) is 0 Å². The predicted octanol–water partition coefficient (Wildman–Crippen LogP) is 1.46. The monoisotopic (exact) mass is 321 g/mol. The molecule has 1 fully saturated rings. The molecule has 0 saturated heterocycles. The SMILES string of the molecule is CN(C)C(=O)c1cc2c(s1)CCN(C(=O)[C@@H]1CC[C@H](N)C1)C2. The van der Waals surface area contributed by atoms with Crippen LogP contribution in [0.5, 0.6) is 0 Å². The molecule has 2 amide bonds. The Morgan fingerprint density at radius 1 is 1.36 bits per heavy atom. The average Bonchev–Trinajstić information content (AvgIpc) is 3.10. The van der Waals surface area contributed by atoms with Crippen LogP contribution < -0.4 is 5.73 Å². The molecule has 2 atom stereocenters. The number of hydrogen-bond acceptors (Lipinski definition) is 4. The van der Waals surface area contributed by atoms with E-state index in [0.717, 1.165) is 42.7 Å². The molecule has 1 saturated carbocycles. The number of amides is 2. The summed E-state index contributed by atoms with van der Waals surface area (Å²) in [6.07, 6.45) is 3.54. The minimum atomic E-state index is 0.0408. The van der Waals surface area contributed by atoms with E-state index in [1.54, 1.807) is 30.3 Å². The maximum absolute atomic E-state index is 12.6. The van der Waals surface area contributed by atoms with Crippen molar-refractivity contribution in [2.75, 3.05) is 20.6 Å². The second-order valence-electron chi connectivity index (χ2n) is 6.54. The van der Waals surface area contributed by atoms with Crippen LogP contribution >= 0.6 is 11.3 Å². The lowest BCUT2D eigenvalue weighted by atomic mass is 10.0. The summed E-state index contributed by atoms with van der Waals surface area (Å²) in [7, 11) is 3.53. The number of thiophene rings is 1. The quantitative estimate of drug-likeness (QED) is 0.897. The predicted molar refractivity (Wildman–Crippen MR) is 86.8 cm³/mol. The molecule has 2 heterocycles. The summed E-state index contributed by atoms with van der Waals surface area (Å²) < 4.78 is 0. The minimum absolute atomic E-state index is 0.0408. The average molecular weight is 321 g/mol. The summed E-state index contributed by atoms with van der Waals surface area (Å²) in [6, 6.07) is 2.14.